The number of aromatic nitrogens is 2. The van der Waals surface area contributed by atoms with Gasteiger partial charge in [-0.3, -0.25) is 9.71 Å². The average molecular weight is 606 g/mol. The lowest BCUT2D eigenvalue weighted by atomic mass is 9.96. The first kappa shape index (κ1) is 29.1. The van der Waals surface area contributed by atoms with E-state index in [1.165, 1.54) is 7.11 Å². The van der Waals surface area contributed by atoms with Crippen LogP contribution in [0.4, 0.5) is 11.4 Å². The maximum atomic E-state index is 11.9. The molecule has 12 heteroatoms. The first-order valence-corrected chi connectivity index (χ1v) is 15.4. The Morgan fingerprint density at radius 2 is 1.86 bits per heavy atom. The molecule has 10 nitrogen and oxygen atoms in total. The van der Waals surface area contributed by atoms with Crippen LogP contribution in [0, 0.1) is 20.8 Å². The van der Waals surface area contributed by atoms with Crippen molar-refractivity contribution in [3.63, 3.8) is 0 Å². The van der Waals surface area contributed by atoms with Gasteiger partial charge in [0.2, 0.25) is 10.0 Å². The monoisotopic (exact) mass is 605 g/mol. The third kappa shape index (κ3) is 5.42. The molecule has 1 fully saturated rings. The van der Waals surface area contributed by atoms with Gasteiger partial charge in [0.25, 0.3) is 0 Å². The van der Waals surface area contributed by atoms with Crippen molar-refractivity contribution in [2.45, 2.75) is 32.9 Å². The molecule has 2 atom stereocenters. The first-order chi connectivity index (χ1) is 19.9. The molecule has 2 unspecified atom stereocenters. The van der Waals surface area contributed by atoms with Crippen LogP contribution in [0.2, 0.25) is 0 Å². The molecule has 0 amide bonds. The van der Waals surface area contributed by atoms with Gasteiger partial charge in [-0.15, -0.1) is 0 Å². The van der Waals surface area contributed by atoms with Gasteiger partial charge < -0.3 is 24.6 Å². The number of ether oxygens (including phenoxy) is 1. The molecule has 3 heterocycles. The zero-order valence-electron chi connectivity index (χ0n) is 23.7. The van der Waals surface area contributed by atoms with Crippen molar-refractivity contribution in [1.82, 2.24) is 14.9 Å². The lowest BCUT2D eigenvalue weighted by Crippen LogP contribution is -2.29. The molecule has 2 aromatic heterocycles. The fourth-order valence-corrected chi connectivity index (χ4v) is 6.42. The van der Waals surface area contributed by atoms with E-state index in [2.05, 4.69) is 25.7 Å². The largest absolute Gasteiger partial charge is 0.494 e. The first-order valence-electron chi connectivity index (χ1n) is 13.1. The Balaban J connectivity index is 1.69. The average Bonchev–Trinajstić information content (AvgIpc) is 3.43. The normalized spacial score (nSPS) is 16.8. The van der Waals surface area contributed by atoms with Crippen LogP contribution in [0.5, 0.6) is 5.75 Å². The minimum atomic E-state index is -3.53. The lowest BCUT2D eigenvalue weighted by molar-refractivity contribution is 0.0696. The van der Waals surface area contributed by atoms with E-state index in [1.54, 1.807) is 36.5 Å². The van der Waals surface area contributed by atoms with Gasteiger partial charge in [0.15, 0.2) is 5.11 Å². The van der Waals surface area contributed by atoms with Crippen molar-refractivity contribution in [3.8, 4) is 11.4 Å². The predicted molar refractivity (Wildman–Crippen MR) is 166 cm³/mol. The molecule has 1 aliphatic heterocycles. The third-order valence-electron chi connectivity index (χ3n) is 7.34. The molecule has 1 aliphatic rings. The quantitative estimate of drug-likeness (QED) is 0.237. The number of carboxylic acid groups (broad SMARTS) is 1. The fourth-order valence-electron chi connectivity index (χ4n) is 5.50. The fraction of sp³-hybridized carbons (Fsp3) is 0.233. The summed E-state index contributed by atoms with van der Waals surface area (Å²) in [7, 11) is -2.05. The molecule has 218 valence electrons. The van der Waals surface area contributed by atoms with Gasteiger partial charge in [-0.05, 0) is 86.6 Å². The second kappa shape index (κ2) is 11.1. The molecule has 0 aliphatic carbocycles. The number of hydrogen-bond acceptors (Lipinski definition) is 6. The van der Waals surface area contributed by atoms with Crippen LogP contribution in [-0.2, 0) is 10.0 Å². The van der Waals surface area contributed by atoms with Crippen LogP contribution >= 0.6 is 12.2 Å². The maximum Gasteiger partial charge on any atom is 0.335 e. The number of thiocarbonyl (C=S) groups is 1. The highest BCUT2D eigenvalue weighted by Gasteiger charge is 2.42. The molecule has 0 spiro atoms. The van der Waals surface area contributed by atoms with Gasteiger partial charge in [0.05, 0.1) is 42.4 Å². The molecule has 1 saturated heterocycles. The van der Waals surface area contributed by atoms with E-state index in [-0.39, 0.29) is 17.6 Å². The Morgan fingerprint density at radius 3 is 2.50 bits per heavy atom. The van der Waals surface area contributed by atoms with Crippen LogP contribution in [0.1, 0.15) is 50.7 Å². The van der Waals surface area contributed by atoms with E-state index in [0.29, 0.717) is 22.2 Å². The van der Waals surface area contributed by atoms with Crippen LogP contribution < -0.4 is 19.7 Å². The van der Waals surface area contributed by atoms with E-state index in [0.717, 1.165) is 40.2 Å². The van der Waals surface area contributed by atoms with Gasteiger partial charge in [-0.25, -0.2) is 13.2 Å². The Bertz CT molecular complexity index is 1800. The van der Waals surface area contributed by atoms with E-state index < -0.39 is 16.0 Å². The number of hydrogen-bond donors (Lipinski definition) is 3. The van der Waals surface area contributed by atoms with Crippen LogP contribution in [0.25, 0.3) is 5.69 Å². The third-order valence-corrected chi connectivity index (χ3v) is 8.25. The number of aryl methyl sites for hydroxylation is 2. The number of methoxy groups -OCH3 is 1. The van der Waals surface area contributed by atoms with Crippen molar-refractivity contribution in [2.75, 3.05) is 23.0 Å². The summed E-state index contributed by atoms with van der Waals surface area (Å²) < 4.78 is 33.9. The minimum Gasteiger partial charge on any atom is -0.494 e. The molecule has 0 saturated carbocycles. The second-order valence-electron chi connectivity index (χ2n) is 10.2. The number of carboxylic acids is 1. The smallest absolute Gasteiger partial charge is 0.335 e. The standard InChI is InChI=1S/C30H31N5O5S2/c1-17-9-10-20(29(36)37)15-25(17)34-18(2)14-22(19(34)3)28-27(24-8-6-7-13-31-24)32-30(41)35(28)21-11-12-23(26(16-21)40-4)33-42(5,38)39/h6-16,27-28,33H,1-5H3,(H,32,41)(H,36,37). The number of aromatic carboxylic acids is 1. The number of benzene rings is 2. The summed E-state index contributed by atoms with van der Waals surface area (Å²) in [6.07, 6.45) is 2.81. The minimum absolute atomic E-state index is 0.205. The van der Waals surface area contributed by atoms with Crippen LogP contribution in [0.15, 0.2) is 66.9 Å². The van der Waals surface area contributed by atoms with Crippen LogP contribution in [-0.4, -0.2) is 47.5 Å². The second-order valence-corrected chi connectivity index (χ2v) is 12.4. The summed E-state index contributed by atoms with van der Waals surface area (Å²) in [6.45, 7) is 5.94. The van der Waals surface area contributed by atoms with E-state index >= 15 is 0 Å². The van der Waals surface area contributed by atoms with Crippen molar-refractivity contribution < 1.29 is 23.1 Å². The van der Waals surface area contributed by atoms with E-state index in [9.17, 15) is 18.3 Å². The summed E-state index contributed by atoms with van der Waals surface area (Å²) in [5.41, 5.74) is 6.53. The van der Waals surface area contributed by atoms with Crippen molar-refractivity contribution in [1.29, 1.82) is 0 Å². The molecular weight excluding hydrogens is 574 g/mol. The molecule has 42 heavy (non-hydrogen) atoms. The number of anilines is 2. The predicted octanol–water partition coefficient (Wildman–Crippen LogP) is 5.05. The molecular formula is C30H31N5O5S2. The zero-order valence-corrected chi connectivity index (χ0v) is 25.4. The Kier molecular flexibility index (Phi) is 7.69. The molecule has 5 rings (SSSR count). The van der Waals surface area contributed by atoms with Gasteiger partial charge in [-0.1, -0.05) is 12.1 Å². The number of carbonyl (C=O) groups is 1. The summed E-state index contributed by atoms with van der Waals surface area (Å²) in [5.74, 6) is -0.652. The SMILES string of the molecule is COc1cc(N2C(=S)NC(c3ccccn3)C2c2cc(C)n(-c3cc(C(=O)O)ccc3C)c2C)ccc1NS(C)(=O)=O. The lowest BCUT2D eigenvalue weighted by Gasteiger charge is -2.29. The van der Waals surface area contributed by atoms with E-state index in [1.807, 2.05) is 49.9 Å². The Labute approximate surface area is 250 Å². The summed E-state index contributed by atoms with van der Waals surface area (Å²) in [4.78, 5) is 18.4. The van der Waals surface area contributed by atoms with Crippen molar-refractivity contribution in [2.24, 2.45) is 0 Å². The van der Waals surface area contributed by atoms with Gasteiger partial charge in [-0.2, -0.15) is 0 Å². The number of nitrogens with one attached hydrogen (secondary N) is 2. The Hall–Kier alpha value is -4.42. The van der Waals surface area contributed by atoms with Gasteiger partial charge >= 0.3 is 5.97 Å². The molecule has 2 aromatic carbocycles. The summed E-state index contributed by atoms with van der Waals surface area (Å²) in [6, 6.07) is 17.4. The van der Waals surface area contributed by atoms with Gasteiger partial charge in [0.1, 0.15) is 5.75 Å². The number of sulfonamides is 1. The molecule has 0 bridgehead atoms. The Morgan fingerprint density at radius 1 is 1.10 bits per heavy atom. The van der Waals surface area contributed by atoms with Crippen molar-refractivity contribution >= 4 is 44.7 Å². The number of rotatable bonds is 8. The summed E-state index contributed by atoms with van der Waals surface area (Å²) in [5, 5.41) is 13.6. The van der Waals surface area contributed by atoms with E-state index in [4.69, 9.17) is 17.0 Å². The number of pyridine rings is 1. The highest BCUT2D eigenvalue weighted by Crippen LogP contribution is 2.45. The highest BCUT2D eigenvalue weighted by molar-refractivity contribution is 7.92. The molecule has 0 radical (unpaired) electrons. The molecule has 3 N–H and O–H groups in total. The zero-order chi connectivity index (χ0) is 30.3. The highest BCUT2D eigenvalue weighted by atomic mass is 32.2. The van der Waals surface area contributed by atoms with Gasteiger partial charge in [0, 0.05) is 35.0 Å². The van der Waals surface area contributed by atoms with Crippen molar-refractivity contribution in [3.05, 3.63) is 101 Å². The molecule has 4 aromatic rings. The summed E-state index contributed by atoms with van der Waals surface area (Å²) >= 11 is 5.88. The topological polar surface area (TPSA) is 126 Å². The number of nitrogens with zero attached hydrogens (tertiary/aromatic N) is 3. The van der Waals surface area contributed by atoms with Crippen LogP contribution in [0.3, 0.4) is 0 Å². The maximum absolute atomic E-state index is 11.9.